The molecular formula is C26H27N5O. The summed E-state index contributed by atoms with van der Waals surface area (Å²) in [6.07, 6.45) is 4.02. The van der Waals surface area contributed by atoms with Crippen molar-refractivity contribution in [1.82, 2.24) is 19.5 Å². The topological polar surface area (TPSA) is 53.7 Å². The van der Waals surface area contributed by atoms with Gasteiger partial charge in [-0.2, -0.15) is 0 Å². The van der Waals surface area contributed by atoms with Crippen LogP contribution in [-0.4, -0.2) is 38.5 Å². The van der Waals surface area contributed by atoms with Crippen LogP contribution < -0.4 is 4.90 Å². The number of carbonyl (C=O) groups is 1. The van der Waals surface area contributed by atoms with E-state index in [1.54, 1.807) is 0 Å². The van der Waals surface area contributed by atoms with Crippen LogP contribution in [0.2, 0.25) is 0 Å². The quantitative estimate of drug-likeness (QED) is 0.459. The van der Waals surface area contributed by atoms with Crippen molar-refractivity contribution in [3.63, 3.8) is 0 Å². The van der Waals surface area contributed by atoms with E-state index in [0.717, 1.165) is 47.7 Å². The zero-order valence-corrected chi connectivity index (χ0v) is 18.3. The van der Waals surface area contributed by atoms with Crippen molar-refractivity contribution in [3.05, 3.63) is 95.9 Å². The summed E-state index contributed by atoms with van der Waals surface area (Å²) >= 11 is 0. The van der Waals surface area contributed by atoms with Gasteiger partial charge in [0.05, 0.1) is 19.1 Å². The molecule has 1 amide bonds. The van der Waals surface area contributed by atoms with E-state index < -0.39 is 0 Å². The molecule has 1 atom stereocenters. The van der Waals surface area contributed by atoms with E-state index in [4.69, 9.17) is 0 Å². The van der Waals surface area contributed by atoms with E-state index in [0.29, 0.717) is 13.1 Å². The van der Waals surface area contributed by atoms with Crippen LogP contribution in [0.4, 0.5) is 5.69 Å². The van der Waals surface area contributed by atoms with Crippen molar-refractivity contribution >= 4 is 17.2 Å². The Labute approximate surface area is 188 Å². The third kappa shape index (κ3) is 4.14. The number of anilines is 1. The summed E-state index contributed by atoms with van der Waals surface area (Å²) in [6.45, 7) is 3.84. The summed E-state index contributed by atoms with van der Waals surface area (Å²) in [5.41, 5.74) is 4.03. The number of nitrogens with zero attached hydrogens (tertiary/aromatic N) is 5. The third-order valence-electron chi connectivity index (χ3n) is 6.14. The van der Waals surface area contributed by atoms with Crippen LogP contribution in [0.25, 0.3) is 5.65 Å². The molecule has 0 bridgehead atoms. The Morgan fingerprint density at radius 3 is 2.72 bits per heavy atom. The molecule has 0 aliphatic carbocycles. The van der Waals surface area contributed by atoms with Gasteiger partial charge >= 0.3 is 0 Å². The predicted molar refractivity (Wildman–Crippen MR) is 125 cm³/mol. The molecule has 2 aromatic heterocycles. The molecule has 0 unspecified atom stereocenters. The number of likely N-dealkylation sites (tertiary alicyclic amines) is 1. The van der Waals surface area contributed by atoms with Gasteiger partial charge in [0.1, 0.15) is 0 Å². The molecule has 3 heterocycles. The average molecular weight is 426 g/mol. The van der Waals surface area contributed by atoms with E-state index in [2.05, 4.69) is 46.3 Å². The van der Waals surface area contributed by atoms with Gasteiger partial charge in [-0.3, -0.25) is 14.1 Å². The second-order valence-electron chi connectivity index (χ2n) is 8.42. The average Bonchev–Trinajstić information content (AvgIpc) is 3.44. The predicted octanol–water partition coefficient (Wildman–Crippen LogP) is 4.41. The van der Waals surface area contributed by atoms with Crippen molar-refractivity contribution in [2.24, 2.45) is 0 Å². The van der Waals surface area contributed by atoms with Gasteiger partial charge in [0.15, 0.2) is 11.5 Å². The van der Waals surface area contributed by atoms with Gasteiger partial charge in [0, 0.05) is 11.9 Å². The third-order valence-corrected chi connectivity index (χ3v) is 6.14. The van der Waals surface area contributed by atoms with Crippen LogP contribution >= 0.6 is 0 Å². The molecule has 4 aromatic rings. The van der Waals surface area contributed by atoms with Gasteiger partial charge in [-0.05, 0) is 61.7 Å². The first kappa shape index (κ1) is 20.4. The normalized spacial score (nSPS) is 16.5. The first-order valence-electron chi connectivity index (χ1n) is 11.1. The van der Waals surface area contributed by atoms with Gasteiger partial charge in [-0.1, -0.05) is 48.5 Å². The molecule has 1 fully saturated rings. The van der Waals surface area contributed by atoms with E-state index >= 15 is 0 Å². The van der Waals surface area contributed by atoms with E-state index in [9.17, 15) is 4.79 Å². The lowest BCUT2D eigenvalue weighted by molar-refractivity contribution is -0.120. The van der Waals surface area contributed by atoms with Crippen LogP contribution in [0.3, 0.4) is 0 Å². The maximum atomic E-state index is 13.6. The minimum atomic E-state index is 0.0902. The summed E-state index contributed by atoms with van der Waals surface area (Å²) < 4.78 is 2.04. The van der Waals surface area contributed by atoms with Crippen molar-refractivity contribution in [2.45, 2.75) is 32.4 Å². The minimum Gasteiger partial charge on any atom is -0.307 e. The number of rotatable bonds is 6. The number of amides is 1. The van der Waals surface area contributed by atoms with Crippen LogP contribution in [0.1, 0.15) is 35.8 Å². The second kappa shape index (κ2) is 8.93. The van der Waals surface area contributed by atoms with Gasteiger partial charge in [0.25, 0.3) is 0 Å². The molecule has 32 heavy (non-hydrogen) atoms. The van der Waals surface area contributed by atoms with Crippen LogP contribution in [0, 0.1) is 6.92 Å². The maximum Gasteiger partial charge on any atom is 0.241 e. The molecule has 1 aliphatic heterocycles. The standard InChI is InChI=1S/C26H27N5O/c1-20-9-7-12-22(17-20)31(18-21-10-3-2-4-11-21)25(32)19-29-15-8-13-23(29)26-28-27-24-14-5-6-16-30(24)26/h2-7,9-12,14,16-17,23H,8,13,15,18-19H2,1H3/t23-/m1/s1. The zero-order chi connectivity index (χ0) is 21.9. The van der Waals surface area contributed by atoms with Gasteiger partial charge in [0.2, 0.25) is 5.91 Å². The molecule has 0 N–H and O–H groups in total. The number of carbonyl (C=O) groups excluding carboxylic acids is 1. The number of aryl methyl sites for hydroxylation is 1. The molecule has 5 rings (SSSR count). The van der Waals surface area contributed by atoms with Crippen LogP contribution in [0.15, 0.2) is 79.0 Å². The summed E-state index contributed by atoms with van der Waals surface area (Å²) in [7, 11) is 0. The van der Waals surface area contributed by atoms with Crippen molar-refractivity contribution in [3.8, 4) is 0 Å². The molecule has 162 valence electrons. The first-order valence-corrected chi connectivity index (χ1v) is 11.1. The minimum absolute atomic E-state index is 0.0902. The lowest BCUT2D eigenvalue weighted by atomic mass is 10.1. The molecule has 0 spiro atoms. The Kier molecular flexibility index (Phi) is 5.69. The number of hydrogen-bond acceptors (Lipinski definition) is 4. The van der Waals surface area contributed by atoms with Crippen molar-refractivity contribution in [1.29, 1.82) is 0 Å². The maximum absolute atomic E-state index is 13.6. The smallest absolute Gasteiger partial charge is 0.241 e. The largest absolute Gasteiger partial charge is 0.307 e. The molecule has 1 saturated heterocycles. The fourth-order valence-corrected chi connectivity index (χ4v) is 4.54. The Bertz CT molecular complexity index is 1220. The Hall–Kier alpha value is -3.51. The fraction of sp³-hybridized carbons (Fsp3) is 0.269. The molecule has 1 aliphatic rings. The van der Waals surface area contributed by atoms with Crippen LogP contribution in [-0.2, 0) is 11.3 Å². The highest BCUT2D eigenvalue weighted by Gasteiger charge is 2.32. The van der Waals surface area contributed by atoms with Gasteiger partial charge < -0.3 is 4.90 Å². The molecule has 0 saturated carbocycles. The Morgan fingerprint density at radius 1 is 1.03 bits per heavy atom. The molecule has 0 radical (unpaired) electrons. The van der Waals surface area contributed by atoms with Gasteiger partial charge in [-0.25, -0.2) is 0 Å². The number of aromatic nitrogens is 3. The molecule has 2 aromatic carbocycles. The van der Waals surface area contributed by atoms with Crippen molar-refractivity contribution in [2.75, 3.05) is 18.0 Å². The monoisotopic (exact) mass is 425 g/mol. The van der Waals surface area contributed by atoms with E-state index in [1.807, 2.05) is 64.0 Å². The fourth-order valence-electron chi connectivity index (χ4n) is 4.54. The van der Waals surface area contributed by atoms with Crippen molar-refractivity contribution < 1.29 is 4.79 Å². The lowest BCUT2D eigenvalue weighted by Gasteiger charge is -2.28. The summed E-state index contributed by atoms with van der Waals surface area (Å²) in [6, 6.07) is 24.3. The number of hydrogen-bond donors (Lipinski definition) is 0. The second-order valence-corrected chi connectivity index (χ2v) is 8.42. The summed E-state index contributed by atoms with van der Waals surface area (Å²) in [5, 5.41) is 8.78. The van der Waals surface area contributed by atoms with Crippen LogP contribution in [0.5, 0.6) is 0 Å². The highest BCUT2D eigenvalue weighted by Crippen LogP contribution is 2.31. The lowest BCUT2D eigenvalue weighted by Crippen LogP contribution is -2.40. The summed E-state index contributed by atoms with van der Waals surface area (Å²) in [5.74, 6) is 1.01. The molecule has 6 nitrogen and oxygen atoms in total. The highest BCUT2D eigenvalue weighted by atomic mass is 16.2. The Morgan fingerprint density at radius 2 is 1.88 bits per heavy atom. The first-order chi connectivity index (χ1) is 15.7. The van der Waals surface area contributed by atoms with E-state index in [1.165, 1.54) is 0 Å². The SMILES string of the molecule is Cc1cccc(N(Cc2ccccc2)C(=O)CN2CCC[C@@H]2c2nnc3ccccn23)c1. The van der Waals surface area contributed by atoms with Gasteiger partial charge in [-0.15, -0.1) is 10.2 Å². The highest BCUT2D eigenvalue weighted by molar-refractivity contribution is 5.94. The summed E-state index contributed by atoms with van der Waals surface area (Å²) in [4.78, 5) is 17.8. The molecule has 6 heteroatoms. The number of pyridine rings is 1. The van der Waals surface area contributed by atoms with E-state index in [-0.39, 0.29) is 11.9 Å². The molecular weight excluding hydrogens is 398 g/mol. The zero-order valence-electron chi connectivity index (χ0n) is 18.3. The Balaban J connectivity index is 1.41. The number of benzene rings is 2. The number of fused-ring (bicyclic) bond motifs is 1.